The van der Waals surface area contributed by atoms with Gasteiger partial charge in [0.15, 0.2) is 0 Å². The molecule has 3 atom stereocenters. The summed E-state index contributed by atoms with van der Waals surface area (Å²) >= 11 is 0. The monoisotopic (exact) mass is 390 g/mol. The van der Waals surface area contributed by atoms with Gasteiger partial charge in [-0.15, -0.1) is 0 Å². The van der Waals surface area contributed by atoms with Gasteiger partial charge in [-0.25, -0.2) is 4.98 Å². The highest BCUT2D eigenvalue weighted by Crippen LogP contribution is 2.43. The average molecular weight is 390 g/mol. The zero-order chi connectivity index (χ0) is 20.1. The summed E-state index contributed by atoms with van der Waals surface area (Å²) in [6, 6.07) is 9.47. The van der Waals surface area contributed by atoms with Crippen LogP contribution in [-0.2, 0) is 0 Å². The molecule has 29 heavy (non-hydrogen) atoms. The maximum atomic E-state index is 10.5. The van der Waals surface area contributed by atoms with E-state index in [-0.39, 0.29) is 22.9 Å². The predicted molar refractivity (Wildman–Crippen MR) is 112 cm³/mol. The molecule has 2 bridgehead atoms. The van der Waals surface area contributed by atoms with Gasteiger partial charge < -0.3 is 15.2 Å². The van der Waals surface area contributed by atoms with Crippen LogP contribution in [0.3, 0.4) is 0 Å². The number of pyridine rings is 1. The molecule has 2 aliphatic rings. The molecule has 0 aliphatic carbocycles. The van der Waals surface area contributed by atoms with Crippen LogP contribution in [0.1, 0.15) is 39.5 Å². The Morgan fingerprint density at radius 3 is 2.38 bits per heavy atom. The number of aromatic hydroxyl groups is 1. The van der Waals surface area contributed by atoms with Crippen LogP contribution in [0.2, 0.25) is 0 Å². The van der Waals surface area contributed by atoms with E-state index in [0.717, 1.165) is 35.1 Å². The number of aromatic amines is 1. The number of piperidine rings is 1. The number of nitrogens with zero attached hydrogens (tertiary/aromatic N) is 2. The molecule has 2 fully saturated rings. The van der Waals surface area contributed by atoms with Crippen molar-refractivity contribution in [3.8, 4) is 33.9 Å². The lowest BCUT2D eigenvalue weighted by Crippen LogP contribution is -2.56. The Hall–Kier alpha value is -2.86. The number of hydrogen-bond donors (Lipinski definition) is 3. The predicted octanol–water partition coefficient (Wildman–Crippen LogP) is 4.29. The summed E-state index contributed by atoms with van der Waals surface area (Å²) in [5.74, 6) is 0.858. The van der Waals surface area contributed by atoms with E-state index in [1.54, 1.807) is 24.7 Å². The normalized spacial score (nSPS) is 28.4. The Bertz CT molecular complexity index is 1000. The Morgan fingerprint density at radius 1 is 1.00 bits per heavy atom. The first-order valence-corrected chi connectivity index (χ1v) is 10.2. The summed E-state index contributed by atoms with van der Waals surface area (Å²) in [4.78, 5) is 4.51. The van der Waals surface area contributed by atoms with Crippen molar-refractivity contribution in [2.75, 3.05) is 0 Å². The van der Waals surface area contributed by atoms with Crippen molar-refractivity contribution < 1.29 is 9.84 Å². The van der Waals surface area contributed by atoms with Gasteiger partial charge in [0.2, 0.25) is 5.88 Å². The summed E-state index contributed by atoms with van der Waals surface area (Å²) in [6.07, 6.45) is 9.88. The summed E-state index contributed by atoms with van der Waals surface area (Å²) in [5, 5.41) is 21.0. The summed E-state index contributed by atoms with van der Waals surface area (Å²) in [6.45, 7) is 4.58. The molecule has 0 radical (unpaired) electrons. The van der Waals surface area contributed by atoms with Gasteiger partial charge in [-0.1, -0.05) is 6.07 Å². The third-order valence-electron chi connectivity index (χ3n) is 6.35. The number of rotatable bonds is 4. The second kappa shape index (κ2) is 6.59. The number of aromatic nitrogens is 3. The number of phenols is 1. The lowest BCUT2D eigenvalue weighted by atomic mass is 9.86. The van der Waals surface area contributed by atoms with Gasteiger partial charge in [-0.05, 0) is 50.5 Å². The van der Waals surface area contributed by atoms with E-state index < -0.39 is 0 Å². The number of ether oxygens (including phenoxy) is 1. The zero-order valence-corrected chi connectivity index (χ0v) is 16.8. The minimum atomic E-state index is 0.167. The number of benzene rings is 1. The van der Waals surface area contributed by atoms with Crippen LogP contribution in [-0.4, -0.2) is 37.5 Å². The Labute approximate surface area is 170 Å². The third kappa shape index (κ3) is 3.49. The lowest BCUT2D eigenvalue weighted by Gasteiger charge is -2.41. The fourth-order valence-corrected chi connectivity index (χ4v) is 5.02. The molecule has 6 nitrogen and oxygen atoms in total. The van der Waals surface area contributed by atoms with Gasteiger partial charge in [-0.3, -0.25) is 5.10 Å². The molecule has 5 rings (SSSR count). The number of hydrogen-bond acceptors (Lipinski definition) is 5. The molecule has 1 unspecified atom stereocenters. The molecule has 4 heterocycles. The van der Waals surface area contributed by atoms with Crippen molar-refractivity contribution in [3.05, 3.63) is 48.9 Å². The summed E-state index contributed by atoms with van der Waals surface area (Å²) in [7, 11) is 0. The van der Waals surface area contributed by atoms with Crippen LogP contribution in [0.15, 0.2) is 48.9 Å². The second-order valence-corrected chi connectivity index (χ2v) is 9.00. The van der Waals surface area contributed by atoms with E-state index in [9.17, 15) is 5.11 Å². The van der Waals surface area contributed by atoms with Gasteiger partial charge in [0.05, 0.1) is 6.20 Å². The Balaban J connectivity index is 1.32. The highest BCUT2D eigenvalue weighted by molar-refractivity contribution is 5.75. The average Bonchev–Trinajstić information content (AvgIpc) is 3.28. The van der Waals surface area contributed by atoms with Crippen LogP contribution >= 0.6 is 0 Å². The van der Waals surface area contributed by atoms with Gasteiger partial charge in [0, 0.05) is 59.1 Å². The minimum Gasteiger partial charge on any atom is -0.507 e. The minimum absolute atomic E-state index is 0.167. The maximum absolute atomic E-state index is 10.5. The molecular formula is C23H26N4O2. The first-order chi connectivity index (χ1) is 13.9. The van der Waals surface area contributed by atoms with Gasteiger partial charge in [-0.2, -0.15) is 5.10 Å². The summed E-state index contributed by atoms with van der Waals surface area (Å²) in [5.41, 5.74) is 3.79. The van der Waals surface area contributed by atoms with E-state index in [0.29, 0.717) is 5.88 Å². The SMILES string of the molecule is C[C@]12CC[C@](C)(CC(Oc3ccc(-c4ccc(-c5cn[nH]c5)cc4O)cn3)C1)N2. The van der Waals surface area contributed by atoms with Crippen LogP contribution in [0.4, 0.5) is 0 Å². The molecule has 0 amide bonds. The van der Waals surface area contributed by atoms with Gasteiger partial charge >= 0.3 is 0 Å². The van der Waals surface area contributed by atoms with E-state index in [1.165, 1.54) is 12.8 Å². The van der Waals surface area contributed by atoms with E-state index in [1.807, 2.05) is 24.3 Å². The van der Waals surface area contributed by atoms with E-state index in [4.69, 9.17) is 4.74 Å². The molecule has 3 N–H and O–H groups in total. The maximum Gasteiger partial charge on any atom is 0.213 e. The first-order valence-electron chi connectivity index (χ1n) is 10.2. The van der Waals surface area contributed by atoms with Crippen LogP contribution in [0.5, 0.6) is 11.6 Å². The van der Waals surface area contributed by atoms with Gasteiger partial charge in [0.1, 0.15) is 11.9 Å². The molecule has 2 aromatic heterocycles. The highest BCUT2D eigenvalue weighted by Gasteiger charge is 2.49. The third-order valence-corrected chi connectivity index (χ3v) is 6.35. The molecule has 6 heteroatoms. The van der Waals surface area contributed by atoms with Crippen molar-refractivity contribution in [2.24, 2.45) is 0 Å². The van der Waals surface area contributed by atoms with Crippen LogP contribution in [0, 0.1) is 0 Å². The van der Waals surface area contributed by atoms with E-state index >= 15 is 0 Å². The van der Waals surface area contributed by atoms with E-state index in [2.05, 4.69) is 34.3 Å². The molecule has 2 aliphatic heterocycles. The molecule has 3 aromatic rings. The van der Waals surface area contributed by atoms with Crippen molar-refractivity contribution in [1.29, 1.82) is 0 Å². The Kier molecular flexibility index (Phi) is 4.13. The highest BCUT2D eigenvalue weighted by atomic mass is 16.5. The topological polar surface area (TPSA) is 83.1 Å². The largest absolute Gasteiger partial charge is 0.507 e. The molecule has 0 spiro atoms. The number of fused-ring (bicyclic) bond motifs is 2. The molecule has 2 saturated heterocycles. The van der Waals surface area contributed by atoms with Crippen molar-refractivity contribution in [2.45, 2.75) is 56.7 Å². The first kappa shape index (κ1) is 18.2. The quantitative estimate of drug-likeness (QED) is 0.619. The standard InChI is InChI=1S/C23H26N4O2/c1-22-7-8-23(2,27-22)11-18(10-22)29-21-6-4-16(12-24-21)19-5-3-15(9-20(19)28)17-13-25-26-14-17/h3-6,9,12-14,18,27-28H,7-8,10-11H2,1-2H3,(H,25,26)/t18?,22-,23+. The number of H-pyrrole nitrogens is 1. The number of nitrogens with one attached hydrogen (secondary N) is 2. The molecule has 0 saturated carbocycles. The smallest absolute Gasteiger partial charge is 0.213 e. The molecular weight excluding hydrogens is 364 g/mol. The number of phenolic OH excluding ortho intramolecular Hbond substituents is 1. The van der Waals surface area contributed by atoms with Crippen LogP contribution in [0.25, 0.3) is 22.3 Å². The second-order valence-electron chi connectivity index (χ2n) is 9.00. The van der Waals surface area contributed by atoms with Gasteiger partial charge in [0.25, 0.3) is 0 Å². The lowest BCUT2D eigenvalue weighted by molar-refractivity contribution is 0.0762. The Morgan fingerprint density at radius 2 is 1.76 bits per heavy atom. The molecule has 1 aromatic carbocycles. The zero-order valence-electron chi connectivity index (χ0n) is 16.8. The fraction of sp³-hybridized carbons (Fsp3) is 0.391. The van der Waals surface area contributed by atoms with Crippen molar-refractivity contribution in [1.82, 2.24) is 20.5 Å². The van der Waals surface area contributed by atoms with Crippen molar-refractivity contribution >= 4 is 0 Å². The van der Waals surface area contributed by atoms with Crippen LogP contribution < -0.4 is 10.1 Å². The van der Waals surface area contributed by atoms with Crippen molar-refractivity contribution in [3.63, 3.8) is 0 Å². The fourth-order valence-electron chi connectivity index (χ4n) is 5.02. The molecule has 150 valence electrons. The summed E-state index contributed by atoms with van der Waals surface area (Å²) < 4.78 is 6.23.